The highest BCUT2D eigenvalue weighted by Gasteiger charge is 2.59. The molecular formula is C55H91N7O32S. The van der Waals surface area contributed by atoms with E-state index in [9.17, 15) is 115 Å². The molecule has 0 radical (unpaired) electrons. The van der Waals surface area contributed by atoms with Crippen molar-refractivity contribution in [3.05, 3.63) is 0 Å². The van der Waals surface area contributed by atoms with Gasteiger partial charge in [-0.25, -0.2) is 9.59 Å². The number of carboxylic acids is 1. The maximum Gasteiger partial charge on any atom is 0.364 e. The van der Waals surface area contributed by atoms with Gasteiger partial charge in [-0.2, -0.15) is 11.8 Å². The van der Waals surface area contributed by atoms with Crippen LogP contribution in [0.15, 0.2) is 0 Å². The van der Waals surface area contributed by atoms with Gasteiger partial charge in [-0.3, -0.25) is 24.0 Å². The average molecular weight is 1390 g/mol. The Morgan fingerprint density at radius 1 is 0.611 bits per heavy atom. The van der Waals surface area contributed by atoms with Crippen LogP contribution >= 0.6 is 11.8 Å². The smallest absolute Gasteiger partial charge is 0.364 e. The number of fused-ring (bicyclic) bond motifs is 1. The number of rotatable bonds is 32. The summed E-state index contributed by atoms with van der Waals surface area (Å²) in [5, 5.41) is 192. The lowest BCUT2D eigenvalue weighted by Gasteiger charge is -2.50. The molecule has 39 nitrogen and oxygen atoms in total. The highest BCUT2D eigenvalue weighted by atomic mass is 32.2. The minimum Gasteiger partial charge on any atom is -0.477 e. The molecule has 23 N–H and O–H groups in total. The van der Waals surface area contributed by atoms with E-state index in [1.807, 2.05) is 11.8 Å². The van der Waals surface area contributed by atoms with E-state index in [-0.39, 0.29) is 30.4 Å². The quantitative estimate of drug-likeness (QED) is 0.0220. The molecule has 0 spiro atoms. The Balaban J connectivity index is 0.901. The molecule has 0 bridgehead atoms. The number of hydrogen-bond acceptors (Lipinski definition) is 32. The number of ether oxygens (including phenoxy) is 9. The molecule has 0 aliphatic carbocycles. The van der Waals surface area contributed by atoms with Crippen molar-refractivity contribution in [2.75, 3.05) is 51.9 Å². The Morgan fingerprint density at radius 3 is 1.84 bits per heavy atom. The van der Waals surface area contributed by atoms with E-state index in [4.69, 9.17) is 42.6 Å². The number of unbranched alkanes of at least 4 members (excludes halogenated alkanes) is 3. The standard InChI is InChI=1S/C55H91N7O32S/c1-20(67)58-34-23(69)12-55(53(83)84,94-47(34)36(74)24(70)14-63)86-18-28-37(75)40(78)43(81)51(90-28)91-45-27(17-66)89-50(35(39(45)77)59-21(2)68)93-48-38(76)25(15-64)88-52(44(48)82)92-46-26(16-65)87-49(42(80)41(46)79)61-32(73)13-57-31(72)9-4-3-7-11-56-30(71)10-6-5-8-29-33-22(19-95-29)60-54(85)62-33/h22-29,33-52,63-66,69-70,74-82H,3-19H2,1-2H3,(H,56,71)(H,57,72)(H,58,67)(H,59,68)(H,61,73)(H,83,84)(H2,60,62,85)/t22-,23?,24+,25?,26?,27?,28?,29-,33-,34?,35?,36+,37?,38?,39?,40?,41?,42?,43?,44?,45?,46?,47?,48?,49?,50?,51?,52?,55?/m0/s1. The van der Waals surface area contributed by atoms with E-state index >= 15 is 0 Å². The first kappa shape index (κ1) is 77.8. The topological polar surface area (TPSA) is 610 Å². The fourth-order valence-electron chi connectivity index (χ4n) is 12.2. The van der Waals surface area contributed by atoms with E-state index in [0.29, 0.717) is 43.9 Å². The zero-order valence-corrected chi connectivity index (χ0v) is 52.6. The van der Waals surface area contributed by atoms with Crippen LogP contribution in [-0.2, 0) is 71.4 Å². The van der Waals surface area contributed by atoms with Crippen molar-refractivity contribution >= 4 is 53.3 Å². The Labute approximate surface area is 546 Å². The van der Waals surface area contributed by atoms with Gasteiger partial charge >= 0.3 is 12.0 Å². The number of amides is 7. The van der Waals surface area contributed by atoms with Crippen molar-refractivity contribution in [3.8, 4) is 0 Å². The second-order valence-corrected chi connectivity index (χ2v) is 25.6. The Kier molecular flexibility index (Phi) is 29.1. The van der Waals surface area contributed by atoms with Gasteiger partial charge in [0.05, 0.1) is 63.8 Å². The number of carboxylic acid groups (broad SMARTS) is 1. The van der Waals surface area contributed by atoms with Gasteiger partial charge in [-0.15, -0.1) is 0 Å². The first-order valence-corrected chi connectivity index (χ1v) is 32.2. The molecule has 40 heteroatoms. The van der Waals surface area contributed by atoms with Gasteiger partial charge in [0.2, 0.25) is 29.5 Å². The molecular weight excluding hydrogens is 1300 g/mol. The molecule has 0 saturated carbocycles. The number of aliphatic carboxylic acids is 1. The maximum atomic E-state index is 12.9. The molecule has 95 heavy (non-hydrogen) atoms. The number of nitrogens with one attached hydrogen (secondary N) is 7. The van der Waals surface area contributed by atoms with Crippen molar-refractivity contribution in [3.63, 3.8) is 0 Å². The van der Waals surface area contributed by atoms with Crippen LogP contribution in [0.3, 0.4) is 0 Å². The van der Waals surface area contributed by atoms with Gasteiger partial charge in [-0.05, 0) is 25.7 Å². The van der Waals surface area contributed by atoms with Crippen molar-refractivity contribution in [1.29, 1.82) is 0 Å². The maximum absolute atomic E-state index is 12.9. The third-order valence-corrected chi connectivity index (χ3v) is 18.9. The zero-order valence-electron chi connectivity index (χ0n) is 51.8. The summed E-state index contributed by atoms with van der Waals surface area (Å²) in [6, 6.07) is -3.35. The molecule has 7 rings (SSSR count). The van der Waals surface area contributed by atoms with Crippen molar-refractivity contribution < 1.29 is 158 Å². The monoisotopic (exact) mass is 1390 g/mol. The molecule has 7 aliphatic heterocycles. The number of hydrogen-bond donors (Lipinski definition) is 23. The number of thioether (sulfide) groups is 1. The molecule has 0 aromatic carbocycles. The van der Waals surface area contributed by atoms with E-state index in [2.05, 4.69) is 37.2 Å². The third-order valence-electron chi connectivity index (χ3n) is 17.4. The summed E-state index contributed by atoms with van der Waals surface area (Å²) < 4.78 is 51.6. The average Bonchev–Trinajstić information content (AvgIpc) is 1.59. The second-order valence-electron chi connectivity index (χ2n) is 24.3. The van der Waals surface area contributed by atoms with Crippen molar-refractivity contribution in [1.82, 2.24) is 37.2 Å². The molecule has 7 amide bonds. The van der Waals surface area contributed by atoms with Crippen LogP contribution in [0.1, 0.15) is 71.6 Å². The Hall–Kier alpha value is -4.52. The van der Waals surface area contributed by atoms with Crippen LogP contribution in [0.2, 0.25) is 0 Å². The highest BCUT2D eigenvalue weighted by molar-refractivity contribution is 8.00. The number of aliphatic hydroxyl groups excluding tert-OH is 15. The number of aliphatic hydroxyl groups is 15. The van der Waals surface area contributed by atoms with Crippen molar-refractivity contribution in [2.45, 2.75) is 248 Å². The molecule has 7 aliphatic rings. The lowest BCUT2D eigenvalue weighted by atomic mass is 9.88. The summed E-state index contributed by atoms with van der Waals surface area (Å²) in [5.74, 6) is -7.26. The molecule has 544 valence electrons. The molecule has 29 atom stereocenters. The van der Waals surface area contributed by atoms with Gasteiger partial charge in [-0.1, -0.05) is 12.8 Å². The summed E-state index contributed by atoms with van der Waals surface area (Å²) >= 11 is 1.81. The summed E-state index contributed by atoms with van der Waals surface area (Å²) in [6.07, 6.45) is -42.7. The summed E-state index contributed by atoms with van der Waals surface area (Å²) in [6.45, 7) is -3.56. The lowest BCUT2D eigenvalue weighted by molar-refractivity contribution is -0.378. The molecule has 7 heterocycles. The minimum absolute atomic E-state index is 0.0314. The number of urea groups is 1. The fraction of sp³-hybridized carbons (Fsp3) is 0.873. The molecule has 24 unspecified atom stereocenters. The highest BCUT2D eigenvalue weighted by Crippen LogP contribution is 2.38. The van der Waals surface area contributed by atoms with E-state index in [1.165, 1.54) is 0 Å². The normalized spacial score (nSPS) is 40.1. The largest absolute Gasteiger partial charge is 0.477 e. The fourth-order valence-corrected chi connectivity index (χ4v) is 13.8. The van der Waals surface area contributed by atoms with Crippen LogP contribution in [0, 0.1) is 0 Å². The van der Waals surface area contributed by atoms with Crippen LogP contribution in [0.25, 0.3) is 0 Å². The van der Waals surface area contributed by atoms with Crippen LogP contribution in [0.4, 0.5) is 4.79 Å². The molecule has 7 saturated heterocycles. The Bertz CT molecular complexity index is 2550. The first-order chi connectivity index (χ1) is 45.1. The predicted molar refractivity (Wildman–Crippen MR) is 311 cm³/mol. The number of carbonyl (C=O) groups is 7. The number of carbonyl (C=O) groups excluding carboxylic acids is 6. The van der Waals surface area contributed by atoms with Gasteiger partial charge in [0.15, 0.2) is 25.1 Å². The van der Waals surface area contributed by atoms with E-state index in [1.54, 1.807) is 0 Å². The third kappa shape index (κ3) is 19.5. The lowest BCUT2D eigenvalue weighted by Crippen LogP contribution is -2.70. The predicted octanol–water partition coefficient (Wildman–Crippen LogP) is -11.8. The molecule has 7 fully saturated rings. The van der Waals surface area contributed by atoms with E-state index in [0.717, 1.165) is 32.4 Å². The summed E-state index contributed by atoms with van der Waals surface area (Å²) in [4.78, 5) is 87.0. The van der Waals surface area contributed by atoms with Crippen molar-refractivity contribution in [2.24, 2.45) is 0 Å². The van der Waals surface area contributed by atoms with Gasteiger partial charge in [0, 0.05) is 50.7 Å². The van der Waals surface area contributed by atoms with Crippen LogP contribution < -0.4 is 37.2 Å². The van der Waals surface area contributed by atoms with Gasteiger partial charge in [0.1, 0.15) is 116 Å². The van der Waals surface area contributed by atoms with Gasteiger partial charge < -0.3 is 162 Å². The Morgan fingerprint density at radius 2 is 1.20 bits per heavy atom. The SMILES string of the molecule is CC(=O)NC1C(OC2C(O)C(CO)OC(OC3C(CO)OC(NC(=O)CNC(=O)CCCCCNC(=O)CCCC[C@@H]4SC[C@@H]5NC(=O)N[C@@H]54)C(O)C3O)C2O)OC(CO)C(OC2OC(COC3(C(=O)O)CC(O)C(NC(C)=O)C([C@H](O)[C@H](O)CO)O3)C(O)C(O)C2O)C1O. The summed E-state index contributed by atoms with van der Waals surface area (Å²) in [5.41, 5.74) is 0. The first-order valence-electron chi connectivity index (χ1n) is 31.2. The second kappa shape index (κ2) is 35.5. The summed E-state index contributed by atoms with van der Waals surface area (Å²) in [7, 11) is 0. The van der Waals surface area contributed by atoms with Crippen LogP contribution in [-0.4, -0.2) is 351 Å². The van der Waals surface area contributed by atoms with E-state index < -0.39 is 235 Å². The molecule has 0 aromatic heterocycles. The minimum atomic E-state index is -2.99. The van der Waals surface area contributed by atoms with Gasteiger partial charge in [0.25, 0.3) is 5.79 Å². The zero-order chi connectivity index (χ0) is 69.7. The molecule has 0 aromatic rings. The van der Waals surface area contributed by atoms with Crippen LogP contribution in [0.5, 0.6) is 0 Å².